The van der Waals surface area contributed by atoms with E-state index in [1.165, 1.54) is 57.8 Å². The Hall–Kier alpha value is -3.12. The summed E-state index contributed by atoms with van der Waals surface area (Å²) in [5.74, 6) is 0.929. The molecule has 0 saturated carbocycles. The molecule has 0 atom stereocenters. The Morgan fingerprint density at radius 3 is 1.70 bits per heavy atom. The Balaban J connectivity index is 1.15. The third-order valence-electron chi connectivity index (χ3n) is 6.06. The molecule has 0 unspecified atom stereocenters. The molecule has 0 amide bonds. The minimum atomic E-state index is 0.687. The topological polar surface area (TPSA) is 36.9 Å². The number of hydrogen-bond acceptors (Lipinski definition) is 2. The molecule has 0 bridgehead atoms. The highest BCUT2D eigenvalue weighted by atomic mass is 16.5. The minimum Gasteiger partial charge on any atom is -0.494 e. The molecule has 0 saturated heterocycles. The van der Waals surface area contributed by atoms with Gasteiger partial charge in [-0.15, -0.1) is 0 Å². The summed E-state index contributed by atoms with van der Waals surface area (Å²) < 4.78 is 8.18. The van der Waals surface area contributed by atoms with Crippen LogP contribution >= 0.6 is 0 Å². The summed E-state index contributed by atoms with van der Waals surface area (Å²) in [4.78, 5) is 0. The smallest absolute Gasteiger partial charge is 0.168 e. The van der Waals surface area contributed by atoms with Gasteiger partial charge >= 0.3 is 0 Å². The van der Waals surface area contributed by atoms with Crippen LogP contribution in [0.25, 0.3) is 11.1 Å². The van der Waals surface area contributed by atoms with Gasteiger partial charge in [0.15, 0.2) is 12.4 Å². The molecule has 0 spiro atoms. The first kappa shape index (κ1) is 24.5. The fourth-order valence-electron chi connectivity index (χ4n) is 4.06. The lowest BCUT2D eigenvalue weighted by atomic mass is 10.0. The van der Waals surface area contributed by atoms with E-state index < -0.39 is 0 Å². The van der Waals surface area contributed by atoms with Crippen molar-refractivity contribution in [3.05, 3.63) is 84.7 Å². The summed E-state index contributed by atoms with van der Waals surface area (Å²) >= 11 is 0. The lowest BCUT2D eigenvalue weighted by Crippen LogP contribution is -2.32. The van der Waals surface area contributed by atoms with E-state index in [9.17, 15) is 0 Å². The Bertz CT molecular complexity index is 943. The Morgan fingerprint density at radius 1 is 0.606 bits per heavy atom. The second kappa shape index (κ2) is 14.9. The quantitative estimate of drug-likeness (QED) is 0.181. The third kappa shape index (κ3) is 9.49. The van der Waals surface area contributed by atoms with Crippen LogP contribution in [0.5, 0.6) is 5.75 Å². The summed E-state index contributed by atoms with van der Waals surface area (Å²) in [7, 11) is 0. The SMILES string of the molecule is N#Cc1ccc(-c2ccc(OCCCCCCCCCCCC[n+]3ccccc3)cc2)cc1. The zero-order valence-electron chi connectivity index (χ0n) is 19.8. The van der Waals surface area contributed by atoms with Crippen LogP contribution in [0.3, 0.4) is 0 Å². The predicted molar refractivity (Wildman–Crippen MR) is 135 cm³/mol. The highest BCUT2D eigenvalue weighted by Crippen LogP contribution is 2.23. The maximum Gasteiger partial charge on any atom is 0.168 e. The van der Waals surface area contributed by atoms with Crippen molar-refractivity contribution >= 4 is 0 Å². The van der Waals surface area contributed by atoms with Gasteiger partial charge in [0.1, 0.15) is 12.3 Å². The third-order valence-corrected chi connectivity index (χ3v) is 6.06. The van der Waals surface area contributed by atoms with Crippen molar-refractivity contribution in [2.24, 2.45) is 0 Å². The molecule has 0 N–H and O–H groups in total. The molecule has 1 aromatic heterocycles. The van der Waals surface area contributed by atoms with Crippen molar-refractivity contribution in [3.8, 4) is 22.9 Å². The van der Waals surface area contributed by atoms with Crippen molar-refractivity contribution in [2.45, 2.75) is 70.8 Å². The summed E-state index contributed by atoms with van der Waals surface area (Å²) in [6.45, 7) is 1.93. The molecule has 0 aliphatic carbocycles. The molecule has 172 valence electrons. The second-order valence-electron chi connectivity index (χ2n) is 8.71. The van der Waals surface area contributed by atoms with Crippen molar-refractivity contribution in [1.82, 2.24) is 0 Å². The van der Waals surface area contributed by atoms with Gasteiger partial charge in [-0.3, -0.25) is 0 Å². The minimum absolute atomic E-state index is 0.687. The van der Waals surface area contributed by atoms with Crippen LogP contribution in [-0.2, 0) is 6.54 Å². The van der Waals surface area contributed by atoms with Gasteiger partial charge in [-0.1, -0.05) is 75.3 Å². The van der Waals surface area contributed by atoms with Gasteiger partial charge < -0.3 is 4.74 Å². The van der Waals surface area contributed by atoms with Crippen LogP contribution in [0.15, 0.2) is 79.1 Å². The second-order valence-corrected chi connectivity index (χ2v) is 8.71. The molecule has 3 heteroatoms. The molecule has 0 fully saturated rings. The average molecular weight is 442 g/mol. The molecule has 3 nitrogen and oxygen atoms in total. The van der Waals surface area contributed by atoms with Crippen molar-refractivity contribution < 1.29 is 9.30 Å². The maximum absolute atomic E-state index is 8.91. The monoisotopic (exact) mass is 441 g/mol. The number of nitrogens with zero attached hydrogens (tertiary/aromatic N) is 2. The van der Waals surface area contributed by atoms with E-state index in [1.54, 1.807) is 0 Å². The van der Waals surface area contributed by atoms with E-state index >= 15 is 0 Å². The Morgan fingerprint density at radius 2 is 1.12 bits per heavy atom. The summed E-state index contributed by atoms with van der Waals surface area (Å²) in [5.41, 5.74) is 2.95. The average Bonchev–Trinajstić information content (AvgIpc) is 2.88. The number of pyridine rings is 1. The van der Waals surface area contributed by atoms with E-state index in [0.717, 1.165) is 36.4 Å². The van der Waals surface area contributed by atoms with E-state index in [0.29, 0.717) is 5.56 Å². The van der Waals surface area contributed by atoms with Crippen LogP contribution in [0.1, 0.15) is 69.8 Å². The molecule has 0 aliphatic rings. The van der Waals surface area contributed by atoms with E-state index in [4.69, 9.17) is 10.00 Å². The normalized spacial score (nSPS) is 10.6. The fourth-order valence-corrected chi connectivity index (χ4v) is 4.06. The van der Waals surface area contributed by atoms with Crippen molar-refractivity contribution in [1.29, 1.82) is 5.26 Å². The molecular weight excluding hydrogens is 404 g/mol. The van der Waals surface area contributed by atoms with Crippen LogP contribution in [-0.4, -0.2) is 6.61 Å². The first-order chi connectivity index (χ1) is 16.3. The standard InChI is InChI=1S/C30H37N2O/c31-26-27-14-16-28(17-15-27)29-18-20-30(21-19-29)33-25-13-8-6-4-2-1-3-5-7-10-22-32-23-11-9-12-24-32/h9,11-12,14-21,23-24H,1-8,10,13,22,25H2/q+1. The number of ether oxygens (including phenoxy) is 1. The van der Waals surface area contributed by atoms with Gasteiger partial charge in [-0.2, -0.15) is 5.26 Å². The summed E-state index contributed by atoms with van der Waals surface area (Å²) in [6.07, 6.45) is 17.4. The van der Waals surface area contributed by atoms with Gasteiger partial charge in [-0.05, 0) is 48.2 Å². The zero-order chi connectivity index (χ0) is 23.0. The molecule has 33 heavy (non-hydrogen) atoms. The van der Waals surface area contributed by atoms with Crippen LogP contribution in [0, 0.1) is 11.3 Å². The van der Waals surface area contributed by atoms with E-state index in [-0.39, 0.29) is 0 Å². The molecule has 0 radical (unpaired) electrons. The van der Waals surface area contributed by atoms with Gasteiger partial charge in [0, 0.05) is 18.6 Å². The molecular formula is C30H37N2O+. The molecule has 1 heterocycles. The van der Waals surface area contributed by atoms with Crippen LogP contribution in [0.2, 0.25) is 0 Å². The highest BCUT2D eigenvalue weighted by Gasteiger charge is 2.01. The molecule has 3 aromatic rings. The summed E-state index contributed by atoms with van der Waals surface area (Å²) in [5, 5.41) is 8.91. The van der Waals surface area contributed by atoms with E-state index in [1.807, 2.05) is 36.4 Å². The Kier molecular flexibility index (Phi) is 11.0. The molecule has 3 rings (SSSR count). The largest absolute Gasteiger partial charge is 0.494 e. The van der Waals surface area contributed by atoms with Crippen molar-refractivity contribution in [2.75, 3.05) is 6.61 Å². The highest BCUT2D eigenvalue weighted by molar-refractivity contribution is 5.64. The molecule has 0 aliphatic heterocycles. The first-order valence-corrected chi connectivity index (χ1v) is 12.5. The van der Waals surface area contributed by atoms with Gasteiger partial charge in [0.05, 0.1) is 18.2 Å². The number of benzene rings is 2. The van der Waals surface area contributed by atoms with Crippen molar-refractivity contribution in [3.63, 3.8) is 0 Å². The maximum atomic E-state index is 8.91. The van der Waals surface area contributed by atoms with Crippen LogP contribution in [0.4, 0.5) is 0 Å². The zero-order valence-corrected chi connectivity index (χ0v) is 19.8. The lowest BCUT2D eigenvalue weighted by Gasteiger charge is -2.08. The number of hydrogen-bond donors (Lipinski definition) is 0. The summed E-state index contributed by atoms with van der Waals surface area (Å²) in [6, 6.07) is 24.3. The number of aromatic nitrogens is 1. The number of nitriles is 1. The molecule has 2 aromatic carbocycles. The Labute approximate surface area is 199 Å². The van der Waals surface area contributed by atoms with Gasteiger partial charge in [-0.25, -0.2) is 4.57 Å². The number of rotatable bonds is 15. The van der Waals surface area contributed by atoms with E-state index in [2.05, 4.69) is 53.4 Å². The lowest BCUT2D eigenvalue weighted by molar-refractivity contribution is -0.697. The van der Waals surface area contributed by atoms with Gasteiger partial charge in [0.25, 0.3) is 0 Å². The van der Waals surface area contributed by atoms with Gasteiger partial charge in [0.2, 0.25) is 0 Å². The number of aryl methyl sites for hydroxylation is 1. The predicted octanol–water partition coefficient (Wildman–Crippen LogP) is 7.49. The van der Waals surface area contributed by atoms with Crippen LogP contribution < -0.4 is 9.30 Å². The fraction of sp³-hybridized carbons (Fsp3) is 0.400. The number of unbranched alkanes of at least 4 members (excludes halogenated alkanes) is 9. The first-order valence-electron chi connectivity index (χ1n) is 12.5.